The van der Waals surface area contributed by atoms with Crippen LogP contribution >= 0.6 is 0 Å². The zero-order valence-corrected chi connectivity index (χ0v) is 12.3. The number of aliphatic carboxylic acids is 1. The summed E-state index contributed by atoms with van der Waals surface area (Å²) in [5.41, 5.74) is 2.73. The smallest absolute Gasteiger partial charge is 0.304 e. The first-order chi connectivity index (χ1) is 9.61. The quantitative estimate of drug-likeness (QED) is 0.877. The average molecular weight is 272 g/mol. The Morgan fingerprint density at radius 2 is 1.85 bits per heavy atom. The predicted molar refractivity (Wildman–Crippen MR) is 80.0 cm³/mol. The monoisotopic (exact) mass is 272 g/mol. The summed E-state index contributed by atoms with van der Waals surface area (Å²) in [6.07, 6.45) is 7.53. The Hall–Kier alpha value is -1.31. The molecule has 0 aliphatic heterocycles. The molecule has 2 nitrogen and oxygen atoms in total. The maximum Gasteiger partial charge on any atom is 0.304 e. The van der Waals surface area contributed by atoms with Crippen LogP contribution < -0.4 is 0 Å². The number of hydrogen-bond acceptors (Lipinski definition) is 1. The van der Waals surface area contributed by atoms with E-state index in [-0.39, 0.29) is 5.41 Å². The Balaban J connectivity index is 1.87. The van der Waals surface area contributed by atoms with Crippen LogP contribution in [-0.2, 0) is 10.2 Å². The molecule has 0 amide bonds. The lowest BCUT2D eigenvalue weighted by Crippen LogP contribution is -2.18. The van der Waals surface area contributed by atoms with Crippen LogP contribution in [0.3, 0.4) is 0 Å². The maximum absolute atomic E-state index is 11.2. The van der Waals surface area contributed by atoms with Gasteiger partial charge in [0.05, 0.1) is 6.42 Å². The molecule has 20 heavy (non-hydrogen) atoms. The van der Waals surface area contributed by atoms with E-state index >= 15 is 0 Å². The van der Waals surface area contributed by atoms with Gasteiger partial charge in [-0.25, -0.2) is 0 Å². The molecule has 2 saturated carbocycles. The number of rotatable bonds is 4. The third-order valence-corrected chi connectivity index (χ3v) is 5.33. The van der Waals surface area contributed by atoms with Gasteiger partial charge in [0, 0.05) is 5.41 Å². The zero-order chi connectivity index (χ0) is 14.2. The molecule has 0 saturated heterocycles. The molecule has 3 rings (SSSR count). The third kappa shape index (κ3) is 2.61. The normalized spacial score (nSPS) is 28.1. The van der Waals surface area contributed by atoms with Gasteiger partial charge >= 0.3 is 5.97 Å². The van der Waals surface area contributed by atoms with Crippen LogP contribution in [0.5, 0.6) is 0 Å². The van der Waals surface area contributed by atoms with Crippen LogP contribution in [0.25, 0.3) is 0 Å². The largest absolute Gasteiger partial charge is 0.481 e. The number of carbonyl (C=O) groups is 1. The lowest BCUT2D eigenvalue weighted by molar-refractivity contribution is -0.137. The van der Waals surface area contributed by atoms with Gasteiger partial charge in [-0.3, -0.25) is 4.79 Å². The van der Waals surface area contributed by atoms with Gasteiger partial charge in [-0.1, -0.05) is 44.0 Å². The minimum atomic E-state index is -0.658. The first kappa shape index (κ1) is 13.7. The highest BCUT2D eigenvalue weighted by Gasteiger charge is 2.47. The van der Waals surface area contributed by atoms with Crippen molar-refractivity contribution in [3.63, 3.8) is 0 Å². The van der Waals surface area contributed by atoms with Crippen molar-refractivity contribution in [1.82, 2.24) is 0 Å². The molecule has 0 radical (unpaired) electrons. The predicted octanol–water partition coefficient (Wildman–Crippen LogP) is 4.49. The molecule has 0 heterocycles. The summed E-state index contributed by atoms with van der Waals surface area (Å²) in [4.78, 5) is 11.2. The molecule has 2 fully saturated rings. The second-order valence-corrected chi connectivity index (χ2v) is 6.89. The van der Waals surface area contributed by atoms with E-state index in [0.29, 0.717) is 12.3 Å². The summed E-state index contributed by atoms with van der Waals surface area (Å²) in [6.45, 7) is 2.34. The fraction of sp³-hybridized carbons (Fsp3) is 0.611. The summed E-state index contributed by atoms with van der Waals surface area (Å²) in [5.74, 6) is 0.843. The molecule has 108 valence electrons. The molecule has 1 N–H and O–H groups in total. The summed E-state index contributed by atoms with van der Waals surface area (Å²) >= 11 is 0. The van der Waals surface area contributed by atoms with Crippen molar-refractivity contribution >= 4 is 5.97 Å². The Labute approximate surface area is 121 Å². The standard InChI is InChI=1S/C18H24O2/c1-13-6-8-14(9-7-13)15-4-2-3-5-16(15)18(10-11-18)12-17(19)20/h2-5,13-14H,6-12H2,1H3,(H,19,20). The van der Waals surface area contributed by atoms with E-state index in [9.17, 15) is 9.90 Å². The van der Waals surface area contributed by atoms with Crippen LogP contribution in [0.4, 0.5) is 0 Å². The lowest BCUT2D eigenvalue weighted by Gasteiger charge is -2.30. The second kappa shape index (κ2) is 5.23. The SMILES string of the molecule is CC1CCC(c2ccccc2C2(CC(=O)O)CC2)CC1. The Morgan fingerprint density at radius 3 is 2.45 bits per heavy atom. The third-order valence-electron chi connectivity index (χ3n) is 5.33. The molecule has 2 aliphatic rings. The number of benzene rings is 1. The summed E-state index contributed by atoms with van der Waals surface area (Å²) in [7, 11) is 0. The van der Waals surface area contributed by atoms with Crippen molar-refractivity contribution in [1.29, 1.82) is 0 Å². The van der Waals surface area contributed by atoms with Gasteiger partial charge in [0.2, 0.25) is 0 Å². The number of hydrogen-bond donors (Lipinski definition) is 1. The molecule has 0 atom stereocenters. The summed E-state index contributed by atoms with van der Waals surface area (Å²) in [6, 6.07) is 8.63. The highest BCUT2D eigenvalue weighted by molar-refractivity contribution is 5.70. The second-order valence-electron chi connectivity index (χ2n) is 6.89. The number of carboxylic acids is 1. The zero-order valence-electron chi connectivity index (χ0n) is 12.3. The van der Waals surface area contributed by atoms with Gasteiger partial charge in [0.25, 0.3) is 0 Å². The van der Waals surface area contributed by atoms with E-state index in [4.69, 9.17) is 0 Å². The first-order valence-corrected chi connectivity index (χ1v) is 7.92. The summed E-state index contributed by atoms with van der Waals surface area (Å²) < 4.78 is 0. The van der Waals surface area contributed by atoms with Crippen LogP contribution in [0.1, 0.15) is 68.9 Å². The van der Waals surface area contributed by atoms with Gasteiger partial charge < -0.3 is 5.11 Å². The van der Waals surface area contributed by atoms with Crippen LogP contribution in [0.2, 0.25) is 0 Å². The molecule has 2 aliphatic carbocycles. The van der Waals surface area contributed by atoms with E-state index in [1.54, 1.807) is 0 Å². The Kier molecular flexibility index (Phi) is 3.57. The Morgan fingerprint density at radius 1 is 1.20 bits per heavy atom. The molecule has 0 unspecified atom stereocenters. The molecule has 1 aromatic rings. The fourth-order valence-corrected chi connectivity index (χ4v) is 3.89. The molecule has 0 bridgehead atoms. The lowest BCUT2D eigenvalue weighted by atomic mass is 9.75. The topological polar surface area (TPSA) is 37.3 Å². The molecular formula is C18H24O2. The van der Waals surface area contributed by atoms with Crippen LogP contribution in [0.15, 0.2) is 24.3 Å². The highest BCUT2D eigenvalue weighted by atomic mass is 16.4. The van der Waals surface area contributed by atoms with Crippen molar-refractivity contribution in [3.05, 3.63) is 35.4 Å². The first-order valence-electron chi connectivity index (χ1n) is 7.92. The summed E-state index contributed by atoms with van der Waals surface area (Å²) in [5, 5.41) is 9.19. The minimum absolute atomic E-state index is 0.0501. The van der Waals surface area contributed by atoms with Crippen molar-refractivity contribution in [2.45, 2.75) is 63.2 Å². The van der Waals surface area contributed by atoms with Gasteiger partial charge in [-0.2, -0.15) is 0 Å². The van der Waals surface area contributed by atoms with Crippen molar-refractivity contribution in [3.8, 4) is 0 Å². The van der Waals surface area contributed by atoms with E-state index in [2.05, 4.69) is 31.2 Å². The van der Waals surface area contributed by atoms with E-state index in [1.165, 1.54) is 36.8 Å². The van der Waals surface area contributed by atoms with Crippen molar-refractivity contribution in [2.24, 2.45) is 5.92 Å². The van der Waals surface area contributed by atoms with E-state index in [1.807, 2.05) is 0 Å². The van der Waals surface area contributed by atoms with Gasteiger partial charge in [-0.05, 0) is 48.6 Å². The molecule has 1 aromatic carbocycles. The average Bonchev–Trinajstić information content (AvgIpc) is 3.20. The van der Waals surface area contributed by atoms with Gasteiger partial charge in [-0.15, -0.1) is 0 Å². The van der Waals surface area contributed by atoms with Crippen LogP contribution in [-0.4, -0.2) is 11.1 Å². The molecule has 0 spiro atoms. The van der Waals surface area contributed by atoms with E-state index in [0.717, 1.165) is 18.8 Å². The highest BCUT2D eigenvalue weighted by Crippen LogP contribution is 2.54. The van der Waals surface area contributed by atoms with Crippen molar-refractivity contribution in [2.75, 3.05) is 0 Å². The van der Waals surface area contributed by atoms with Gasteiger partial charge in [0.15, 0.2) is 0 Å². The number of carboxylic acid groups (broad SMARTS) is 1. The Bertz CT molecular complexity index is 494. The minimum Gasteiger partial charge on any atom is -0.481 e. The van der Waals surface area contributed by atoms with Crippen LogP contribution in [0, 0.1) is 5.92 Å². The fourth-order valence-electron chi connectivity index (χ4n) is 3.89. The molecule has 0 aromatic heterocycles. The van der Waals surface area contributed by atoms with Gasteiger partial charge in [0.1, 0.15) is 0 Å². The van der Waals surface area contributed by atoms with Crippen molar-refractivity contribution < 1.29 is 9.90 Å². The maximum atomic E-state index is 11.2. The van der Waals surface area contributed by atoms with E-state index < -0.39 is 5.97 Å². The molecular weight excluding hydrogens is 248 g/mol. The molecule has 2 heteroatoms.